The number of halogens is 1. The fourth-order valence-corrected chi connectivity index (χ4v) is 2.70. The van der Waals surface area contributed by atoms with Gasteiger partial charge in [0, 0.05) is 16.3 Å². The Labute approximate surface area is 147 Å². The fraction of sp³-hybridized carbons (Fsp3) is 0. The molecule has 0 saturated heterocycles. The number of nitrogens with one attached hydrogen (secondary N) is 1. The molecule has 0 radical (unpaired) electrons. The van der Waals surface area contributed by atoms with Crippen molar-refractivity contribution in [3.05, 3.63) is 77.1 Å². The Balaban J connectivity index is 1.54. The zero-order valence-corrected chi connectivity index (χ0v) is 13.7. The number of carbonyl (C=O) groups excluding carboxylic acids is 1. The highest BCUT2D eigenvalue weighted by atomic mass is 35.5. The third kappa shape index (κ3) is 3.09. The van der Waals surface area contributed by atoms with Crippen LogP contribution in [0.4, 0.5) is 0 Å². The van der Waals surface area contributed by atoms with Gasteiger partial charge in [0.25, 0.3) is 0 Å². The van der Waals surface area contributed by atoms with E-state index in [0.29, 0.717) is 16.3 Å². The van der Waals surface area contributed by atoms with Crippen LogP contribution < -0.4 is 5.43 Å². The molecule has 122 valence electrons. The Morgan fingerprint density at radius 2 is 1.84 bits per heavy atom. The van der Waals surface area contributed by atoms with E-state index >= 15 is 0 Å². The van der Waals surface area contributed by atoms with Gasteiger partial charge in [-0.25, -0.2) is 10.4 Å². The summed E-state index contributed by atoms with van der Waals surface area (Å²) in [5, 5.41) is 6.07. The largest absolute Gasteiger partial charge is 0.451 e. The highest BCUT2D eigenvalue weighted by molar-refractivity contribution is 6.32. The minimum absolute atomic E-state index is 0.195. The van der Waals surface area contributed by atoms with Crippen molar-refractivity contribution in [3.8, 4) is 0 Å². The Morgan fingerprint density at radius 3 is 2.68 bits per heavy atom. The second kappa shape index (κ2) is 6.37. The number of fused-ring (bicyclic) bond motifs is 2. The molecule has 2 heterocycles. The molecule has 4 rings (SSSR count). The predicted octanol–water partition coefficient (Wildman–Crippen LogP) is 4.40. The predicted molar refractivity (Wildman–Crippen MR) is 98.0 cm³/mol. The topological polar surface area (TPSA) is 67.5 Å². The van der Waals surface area contributed by atoms with E-state index in [1.54, 1.807) is 12.1 Å². The third-order valence-corrected chi connectivity index (χ3v) is 4.03. The van der Waals surface area contributed by atoms with Gasteiger partial charge in [0.15, 0.2) is 5.76 Å². The standard InChI is InChI=1S/C19H12ClN3O2/c20-18-14(9-12-5-1-3-7-15(12)22-18)11-21-23-19(24)17-10-13-6-2-4-8-16(13)25-17/h1-11H,(H,23,24)/b21-11-. The maximum Gasteiger partial charge on any atom is 0.307 e. The first-order valence-electron chi connectivity index (χ1n) is 7.58. The number of carbonyl (C=O) groups is 1. The van der Waals surface area contributed by atoms with Gasteiger partial charge < -0.3 is 4.42 Å². The number of hydrogen-bond donors (Lipinski definition) is 1. The number of para-hydroxylation sites is 2. The SMILES string of the molecule is O=C(N/N=C\c1cc2ccccc2nc1Cl)c1cc2ccccc2o1. The van der Waals surface area contributed by atoms with Gasteiger partial charge in [-0.05, 0) is 24.3 Å². The summed E-state index contributed by atoms with van der Waals surface area (Å²) in [6, 6.07) is 18.6. The van der Waals surface area contributed by atoms with Gasteiger partial charge in [-0.3, -0.25) is 4.79 Å². The number of nitrogens with zero attached hydrogens (tertiary/aromatic N) is 2. The molecule has 0 saturated carbocycles. The summed E-state index contributed by atoms with van der Waals surface area (Å²) in [5.74, 6) is -0.238. The molecule has 0 fully saturated rings. The quantitative estimate of drug-likeness (QED) is 0.338. The molecule has 5 nitrogen and oxygen atoms in total. The summed E-state index contributed by atoms with van der Waals surface area (Å²) in [6.45, 7) is 0. The number of furan rings is 1. The highest BCUT2D eigenvalue weighted by Crippen LogP contribution is 2.20. The zero-order valence-electron chi connectivity index (χ0n) is 12.9. The maximum atomic E-state index is 12.1. The summed E-state index contributed by atoms with van der Waals surface area (Å²) in [5.41, 5.74) is 4.50. The minimum Gasteiger partial charge on any atom is -0.451 e. The first-order valence-corrected chi connectivity index (χ1v) is 7.96. The van der Waals surface area contributed by atoms with E-state index in [1.165, 1.54) is 6.21 Å². The van der Waals surface area contributed by atoms with Crippen molar-refractivity contribution in [3.63, 3.8) is 0 Å². The summed E-state index contributed by atoms with van der Waals surface area (Å²) in [6.07, 6.45) is 1.46. The second-order valence-corrected chi connectivity index (χ2v) is 5.77. The van der Waals surface area contributed by atoms with Crippen molar-refractivity contribution < 1.29 is 9.21 Å². The van der Waals surface area contributed by atoms with Gasteiger partial charge in [-0.1, -0.05) is 48.0 Å². The van der Waals surface area contributed by atoms with E-state index in [-0.39, 0.29) is 5.76 Å². The average Bonchev–Trinajstić information content (AvgIpc) is 3.06. The molecule has 1 N–H and O–H groups in total. The molecule has 0 atom stereocenters. The number of benzene rings is 2. The Hall–Kier alpha value is -3.18. The van der Waals surface area contributed by atoms with Crippen molar-refractivity contribution in [2.45, 2.75) is 0 Å². The van der Waals surface area contributed by atoms with E-state index < -0.39 is 5.91 Å². The molecule has 25 heavy (non-hydrogen) atoms. The summed E-state index contributed by atoms with van der Waals surface area (Å²) in [7, 11) is 0. The molecule has 0 aliphatic heterocycles. The van der Waals surface area contributed by atoms with Crippen molar-refractivity contribution in [2.24, 2.45) is 5.10 Å². The number of hydrogen-bond acceptors (Lipinski definition) is 4. The van der Waals surface area contributed by atoms with Crippen LogP contribution in [0.5, 0.6) is 0 Å². The van der Waals surface area contributed by atoms with E-state index in [4.69, 9.17) is 16.0 Å². The number of hydrazone groups is 1. The summed E-state index contributed by atoms with van der Waals surface area (Å²) < 4.78 is 5.49. The molecule has 0 unspecified atom stereocenters. The normalized spacial score (nSPS) is 11.4. The molecule has 2 aromatic carbocycles. The van der Waals surface area contributed by atoms with Crippen LogP contribution >= 0.6 is 11.6 Å². The fourth-order valence-electron chi connectivity index (χ4n) is 2.51. The summed E-state index contributed by atoms with van der Waals surface area (Å²) in [4.78, 5) is 16.4. The Bertz CT molecular complexity index is 1090. The van der Waals surface area contributed by atoms with Gasteiger partial charge in [-0.2, -0.15) is 5.10 Å². The lowest BCUT2D eigenvalue weighted by molar-refractivity contribution is 0.0929. The van der Waals surface area contributed by atoms with Crippen LogP contribution in [0.15, 0.2) is 70.2 Å². The van der Waals surface area contributed by atoms with Gasteiger partial charge in [0.1, 0.15) is 10.7 Å². The van der Waals surface area contributed by atoms with E-state index in [0.717, 1.165) is 16.3 Å². The van der Waals surface area contributed by atoms with Gasteiger partial charge >= 0.3 is 5.91 Å². The van der Waals surface area contributed by atoms with Crippen LogP contribution in [-0.2, 0) is 0 Å². The lowest BCUT2D eigenvalue weighted by Gasteiger charge is -2.01. The van der Waals surface area contributed by atoms with Crippen LogP contribution in [0.2, 0.25) is 5.15 Å². The highest BCUT2D eigenvalue weighted by Gasteiger charge is 2.11. The van der Waals surface area contributed by atoms with Crippen LogP contribution in [0.1, 0.15) is 16.1 Å². The van der Waals surface area contributed by atoms with Crippen LogP contribution in [0, 0.1) is 0 Å². The van der Waals surface area contributed by atoms with E-state index in [9.17, 15) is 4.79 Å². The van der Waals surface area contributed by atoms with Gasteiger partial charge in [0.2, 0.25) is 0 Å². The number of amides is 1. The second-order valence-electron chi connectivity index (χ2n) is 5.41. The minimum atomic E-state index is -0.433. The molecule has 6 heteroatoms. The van der Waals surface area contributed by atoms with E-state index in [1.807, 2.05) is 48.5 Å². The lowest BCUT2D eigenvalue weighted by Crippen LogP contribution is -2.16. The average molecular weight is 350 g/mol. The molecular weight excluding hydrogens is 338 g/mol. The van der Waals surface area contributed by atoms with E-state index in [2.05, 4.69) is 15.5 Å². The van der Waals surface area contributed by atoms with Crippen molar-refractivity contribution in [1.29, 1.82) is 0 Å². The van der Waals surface area contributed by atoms with Crippen LogP contribution in [0.3, 0.4) is 0 Å². The van der Waals surface area contributed by atoms with Gasteiger partial charge in [-0.15, -0.1) is 0 Å². The zero-order chi connectivity index (χ0) is 17.2. The van der Waals surface area contributed by atoms with Gasteiger partial charge in [0.05, 0.1) is 11.7 Å². The molecule has 0 aliphatic rings. The molecule has 0 bridgehead atoms. The van der Waals surface area contributed by atoms with Crippen LogP contribution in [-0.4, -0.2) is 17.1 Å². The Morgan fingerprint density at radius 1 is 1.08 bits per heavy atom. The first kappa shape index (κ1) is 15.4. The number of pyridine rings is 1. The number of rotatable bonds is 3. The molecule has 2 aromatic heterocycles. The number of aromatic nitrogens is 1. The lowest BCUT2D eigenvalue weighted by atomic mass is 10.2. The third-order valence-electron chi connectivity index (χ3n) is 3.72. The van der Waals surface area contributed by atoms with Crippen molar-refractivity contribution in [2.75, 3.05) is 0 Å². The Kier molecular flexibility index (Phi) is 3.91. The first-order chi connectivity index (χ1) is 12.2. The smallest absolute Gasteiger partial charge is 0.307 e. The maximum absolute atomic E-state index is 12.1. The molecule has 0 aliphatic carbocycles. The van der Waals surface area contributed by atoms with Crippen molar-refractivity contribution >= 4 is 45.6 Å². The van der Waals surface area contributed by atoms with Crippen LogP contribution in [0.25, 0.3) is 21.9 Å². The molecule has 0 spiro atoms. The molecule has 4 aromatic rings. The summed E-state index contributed by atoms with van der Waals surface area (Å²) >= 11 is 6.16. The monoisotopic (exact) mass is 349 g/mol. The molecule has 1 amide bonds. The van der Waals surface area contributed by atoms with Crippen molar-refractivity contribution in [1.82, 2.24) is 10.4 Å². The molecular formula is C19H12ClN3O2.